The van der Waals surface area contributed by atoms with Crippen LogP contribution in [0.15, 0.2) is 24.3 Å². The average Bonchev–Trinajstić information content (AvgIpc) is 2.31. The maximum Gasteiger partial charge on any atom is 0.127 e. The second-order valence-corrected chi connectivity index (χ2v) is 5.62. The maximum absolute atomic E-state index is 13.4. The van der Waals surface area contributed by atoms with Gasteiger partial charge in [0.2, 0.25) is 0 Å². The summed E-state index contributed by atoms with van der Waals surface area (Å²) < 4.78 is 13.4. The predicted octanol–water partition coefficient (Wildman–Crippen LogP) is 2.86. The van der Waals surface area contributed by atoms with Crippen molar-refractivity contribution in [3.63, 3.8) is 0 Å². The predicted molar refractivity (Wildman–Crippen MR) is 70.7 cm³/mol. The van der Waals surface area contributed by atoms with E-state index >= 15 is 0 Å². The SMILES string of the molecule is CC1CCCC(O)(CNCc2ccccc2F)C1. The van der Waals surface area contributed by atoms with E-state index < -0.39 is 5.60 Å². The molecule has 2 rings (SSSR count). The first-order valence-corrected chi connectivity index (χ1v) is 6.76. The summed E-state index contributed by atoms with van der Waals surface area (Å²) in [7, 11) is 0. The number of hydrogen-bond acceptors (Lipinski definition) is 2. The van der Waals surface area contributed by atoms with E-state index in [2.05, 4.69) is 12.2 Å². The van der Waals surface area contributed by atoms with E-state index in [0.717, 1.165) is 19.3 Å². The maximum atomic E-state index is 13.4. The molecule has 1 aliphatic carbocycles. The van der Waals surface area contributed by atoms with Gasteiger partial charge in [-0.25, -0.2) is 4.39 Å². The van der Waals surface area contributed by atoms with Gasteiger partial charge in [0.25, 0.3) is 0 Å². The minimum absolute atomic E-state index is 0.186. The fraction of sp³-hybridized carbons (Fsp3) is 0.600. The lowest BCUT2D eigenvalue weighted by Gasteiger charge is -2.35. The van der Waals surface area contributed by atoms with Gasteiger partial charge in [-0.3, -0.25) is 0 Å². The Hall–Kier alpha value is -0.930. The van der Waals surface area contributed by atoms with Gasteiger partial charge in [-0.15, -0.1) is 0 Å². The fourth-order valence-corrected chi connectivity index (χ4v) is 2.86. The van der Waals surface area contributed by atoms with E-state index in [1.165, 1.54) is 12.5 Å². The van der Waals surface area contributed by atoms with Gasteiger partial charge in [-0.1, -0.05) is 38.0 Å². The highest BCUT2D eigenvalue weighted by molar-refractivity contribution is 5.16. The lowest BCUT2D eigenvalue weighted by atomic mass is 9.79. The van der Waals surface area contributed by atoms with Crippen molar-refractivity contribution in [1.82, 2.24) is 5.32 Å². The number of aliphatic hydroxyl groups is 1. The molecule has 0 saturated heterocycles. The zero-order valence-electron chi connectivity index (χ0n) is 11.0. The molecule has 1 saturated carbocycles. The van der Waals surface area contributed by atoms with Gasteiger partial charge < -0.3 is 10.4 Å². The summed E-state index contributed by atoms with van der Waals surface area (Å²) in [5.41, 5.74) is 0.0492. The standard InChI is InChI=1S/C15H22FNO/c1-12-5-4-8-15(18,9-12)11-17-10-13-6-2-3-7-14(13)16/h2-3,6-7,12,17-18H,4-5,8-11H2,1H3. The van der Waals surface area contributed by atoms with Gasteiger partial charge in [0.15, 0.2) is 0 Å². The topological polar surface area (TPSA) is 32.3 Å². The molecule has 1 aromatic carbocycles. The van der Waals surface area contributed by atoms with Gasteiger partial charge >= 0.3 is 0 Å². The van der Waals surface area contributed by atoms with Crippen LogP contribution in [0, 0.1) is 11.7 Å². The normalized spacial score (nSPS) is 28.3. The molecule has 18 heavy (non-hydrogen) atoms. The summed E-state index contributed by atoms with van der Waals surface area (Å²) in [6.45, 7) is 3.20. The summed E-state index contributed by atoms with van der Waals surface area (Å²) in [6, 6.07) is 6.76. The Kier molecular flexibility index (Phi) is 4.36. The molecule has 0 radical (unpaired) electrons. The van der Waals surface area contributed by atoms with Crippen molar-refractivity contribution in [2.45, 2.75) is 44.8 Å². The highest BCUT2D eigenvalue weighted by Gasteiger charge is 2.31. The molecule has 1 aromatic rings. The first-order chi connectivity index (χ1) is 8.59. The van der Waals surface area contributed by atoms with Crippen molar-refractivity contribution in [1.29, 1.82) is 0 Å². The quantitative estimate of drug-likeness (QED) is 0.862. The van der Waals surface area contributed by atoms with Crippen molar-refractivity contribution in [2.75, 3.05) is 6.54 Å². The van der Waals surface area contributed by atoms with Crippen molar-refractivity contribution in [3.8, 4) is 0 Å². The smallest absolute Gasteiger partial charge is 0.127 e. The number of nitrogens with one attached hydrogen (secondary N) is 1. The van der Waals surface area contributed by atoms with E-state index in [-0.39, 0.29) is 5.82 Å². The van der Waals surface area contributed by atoms with E-state index in [9.17, 15) is 9.50 Å². The summed E-state index contributed by atoms with van der Waals surface area (Å²) in [4.78, 5) is 0. The van der Waals surface area contributed by atoms with Crippen molar-refractivity contribution in [3.05, 3.63) is 35.6 Å². The molecule has 0 bridgehead atoms. The van der Waals surface area contributed by atoms with Crippen LogP contribution in [0.2, 0.25) is 0 Å². The molecule has 2 nitrogen and oxygen atoms in total. The third kappa shape index (κ3) is 3.53. The monoisotopic (exact) mass is 251 g/mol. The highest BCUT2D eigenvalue weighted by atomic mass is 19.1. The summed E-state index contributed by atoms with van der Waals surface area (Å²) in [6.07, 6.45) is 3.98. The highest BCUT2D eigenvalue weighted by Crippen LogP contribution is 2.31. The van der Waals surface area contributed by atoms with Gasteiger partial charge in [0.05, 0.1) is 5.60 Å². The third-order valence-corrected chi connectivity index (χ3v) is 3.79. The summed E-state index contributed by atoms with van der Waals surface area (Å²) in [5, 5.41) is 13.6. The largest absolute Gasteiger partial charge is 0.389 e. The minimum atomic E-state index is -0.608. The van der Waals surface area contributed by atoms with Crippen LogP contribution in [0.25, 0.3) is 0 Å². The van der Waals surface area contributed by atoms with Crippen LogP contribution in [0.4, 0.5) is 4.39 Å². The molecule has 0 aliphatic heterocycles. The fourth-order valence-electron chi connectivity index (χ4n) is 2.86. The molecule has 100 valence electrons. The molecule has 0 aromatic heterocycles. The molecule has 1 fully saturated rings. The Morgan fingerprint density at radius 3 is 2.94 bits per heavy atom. The Morgan fingerprint density at radius 1 is 1.44 bits per heavy atom. The molecule has 2 N–H and O–H groups in total. The van der Waals surface area contributed by atoms with Crippen molar-refractivity contribution < 1.29 is 9.50 Å². The number of hydrogen-bond donors (Lipinski definition) is 2. The Labute approximate surface area is 108 Å². The third-order valence-electron chi connectivity index (χ3n) is 3.79. The minimum Gasteiger partial charge on any atom is -0.389 e. The van der Waals surface area contributed by atoms with Crippen LogP contribution < -0.4 is 5.32 Å². The van der Waals surface area contributed by atoms with Crippen LogP contribution in [-0.4, -0.2) is 17.3 Å². The van der Waals surface area contributed by atoms with Crippen LogP contribution in [0.1, 0.15) is 38.2 Å². The van der Waals surface area contributed by atoms with Crippen LogP contribution in [0.3, 0.4) is 0 Å². The summed E-state index contributed by atoms with van der Waals surface area (Å²) >= 11 is 0. The van der Waals surface area contributed by atoms with Crippen molar-refractivity contribution in [2.24, 2.45) is 5.92 Å². The number of rotatable bonds is 4. The molecule has 2 atom stereocenters. The van der Waals surface area contributed by atoms with Gasteiger partial charge in [-0.05, 0) is 24.8 Å². The number of benzene rings is 1. The van der Waals surface area contributed by atoms with E-state index in [1.807, 2.05) is 6.07 Å². The van der Waals surface area contributed by atoms with E-state index in [0.29, 0.717) is 24.6 Å². The second-order valence-electron chi connectivity index (χ2n) is 5.62. The van der Waals surface area contributed by atoms with Crippen LogP contribution >= 0.6 is 0 Å². The van der Waals surface area contributed by atoms with Crippen LogP contribution in [-0.2, 0) is 6.54 Å². The second kappa shape index (κ2) is 5.81. The zero-order valence-corrected chi connectivity index (χ0v) is 11.0. The molecule has 1 aliphatic rings. The molecule has 2 unspecified atom stereocenters. The summed E-state index contributed by atoms with van der Waals surface area (Å²) in [5.74, 6) is 0.396. The molecular formula is C15H22FNO. The molecule has 0 spiro atoms. The van der Waals surface area contributed by atoms with E-state index in [1.54, 1.807) is 12.1 Å². The van der Waals surface area contributed by atoms with Crippen LogP contribution in [0.5, 0.6) is 0 Å². The van der Waals surface area contributed by atoms with Gasteiger partial charge in [-0.2, -0.15) is 0 Å². The first-order valence-electron chi connectivity index (χ1n) is 6.76. The Bertz CT molecular complexity index is 396. The zero-order chi connectivity index (χ0) is 13.0. The first kappa shape index (κ1) is 13.5. The van der Waals surface area contributed by atoms with Gasteiger partial charge in [0.1, 0.15) is 5.82 Å². The molecular weight excluding hydrogens is 229 g/mol. The molecule has 0 amide bonds. The Balaban J connectivity index is 1.83. The molecule has 3 heteroatoms. The molecule has 0 heterocycles. The number of halogens is 1. The van der Waals surface area contributed by atoms with Gasteiger partial charge in [0, 0.05) is 18.7 Å². The lowest BCUT2D eigenvalue weighted by Crippen LogP contribution is -2.43. The van der Waals surface area contributed by atoms with E-state index in [4.69, 9.17) is 0 Å². The lowest BCUT2D eigenvalue weighted by molar-refractivity contribution is -0.0119. The average molecular weight is 251 g/mol. The van der Waals surface area contributed by atoms with Crippen molar-refractivity contribution >= 4 is 0 Å². The Morgan fingerprint density at radius 2 is 2.22 bits per heavy atom.